The monoisotopic (exact) mass is 285 g/mol. The summed E-state index contributed by atoms with van der Waals surface area (Å²) in [6, 6.07) is 5.01. The molecule has 1 aromatic carbocycles. The van der Waals surface area contributed by atoms with Gasteiger partial charge in [0.15, 0.2) is 0 Å². The molecule has 0 aromatic heterocycles. The Hall–Kier alpha value is -0.410. The number of benzene rings is 1. The van der Waals surface area contributed by atoms with Gasteiger partial charge in [0.05, 0.1) is 0 Å². The Morgan fingerprint density at radius 3 is 3.06 bits per heavy atom. The normalized spacial score (nSPS) is 25.7. The van der Waals surface area contributed by atoms with E-state index in [0.29, 0.717) is 11.8 Å². The number of hydrogen-bond acceptors (Lipinski definition) is 1. The smallest absolute Gasteiger partial charge is 0.123 e. The van der Waals surface area contributed by atoms with Crippen molar-refractivity contribution in [3.63, 3.8) is 0 Å². The van der Waals surface area contributed by atoms with Crippen molar-refractivity contribution < 1.29 is 4.39 Å². The van der Waals surface area contributed by atoms with Crippen LogP contribution in [0.1, 0.15) is 31.2 Å². The first-order chi connectivity index (χ1) is 7.72. The number of rotatable bonds is 2. The van der Waals surface area contributed by atoms with Crippen LogP contribution in [0.15, 0.2) is 22.7 Å². The molecule has 0 spiro atoms. The Bertz CT molecular complexity index is 367. The number of piperidine rings is 1. The van der Waals surface area contributed by atoms with Crippen molar-refractivity contribution in [2.24, 2.45) is 5.92 Å². The van der Waals surface area contributed by atoms with Crippen LogP contribution in [0.4, 0.5) is 4.39 Å². The molecule has 1 aliphatic heterocycles. The van der Waals surface area contributed by atoms with Gasteiger partial charge in [-0.15, -0.1) is 0 Å². The summed E-state index contributed by atoms with van der Waals surface area (Å²) in [6.07, 6.45) is 2.24. The van der Waals surface area contributed by atoms with Crippen LogP contribution in [0.5, 0.6) is 0 Å². The highest BCUT2D eigenvalue weighted by atomic mass is 79.9. The molecule has 0 amide bonds. The molecule has 1 saturated heterocycles. The number of nitrogens with one attached hydrogen (secondary N) is 1. The summed E-state index contributed by atoms with van der Waals surface area (Å²) < 4.78 is 14.3. The summed E-state index contributed by atoms with van der Waals surface area (Å²) in [5, 5.41) is 3.41. The van der Waals surface area contributed by atoms with Gasteiger partial charge >= 0.3 is 0 Å². The van der Waals surface area contributed by atoms with Gasteiger partial charge in [0.25, 0.3) is 0 Å². The highest BCUT2D eigenvalue weighted by molar-refractivity contribution is 9.10. The SMILES string of the molecule is CCC1CNCCC1c1cc(F)ccc1Br. The van der Waals surface area contributed by atoms with Gasteiger partial charge in [-0.05, 0) is 55.1 Å². The first kappa shape index (κ1) is 12.1. The van der Waals surface area contributed by atoms with Gasteiger partial charge in [-0.2, -0.15) is 0 Å². The lowest BCUT2D eigenvalue weighted by atomic mass is 9.80. The summed E-state index contributed by atoms with van der Waals surface area (Å²) in [7, 11) is 0. The fourth-order valence-electron chi connectivity index (χ4n) is 2.56. The van der Waals surface area contributed by atoms with Crippen LogP contribution in [0.25, 0.3) is 0 Å². The van der Waals surface area contributed by atoms with Crippen LogP contribution in [0, 0.1) is 11.7 Å². The molecule has 1 aromatic rings. The molecule has 0 radical (unpaired) electrons. The van der Waals surface area contributed by atoms with Crippen LogP contribution in [0.2, 0.25) is 0 Å². The molecular weight excluding hydrogens is 269 g/mol. The molecule has 2 rings (SSSR count). The summed E-state index contributed by atoms with van der Waals surface area (Å²) in [5.41, 5.74) is 1.13. The second-order valence-corrected chi connectivity index (χ2v) is 5.29. The van der Waals surface area contributed by atoms with E-state index in [0.717, 1.165) is 36.0 Å². The predicted octanol–water partition coefficient (Wildman–Crippen LogP) is 3.69. The summed E-state index contributed by atoms with van der Waals surface area (Å²) in [5.74, 6) is 0.967. The highest BCUT2D eigenvalue weighted by Crippen LogP contribution is 2.36. The van der Waals surface area contributed by atoms with Gasteiger partial charge in [-0.3, -0.25) is 0 Å². The largest absolute Gasteiger partial charge is 0.316 e. The van der Waals surface area contributed by atoms with Crippen molar-refractivity contribution in [2.45, 2.75) is 25.7 Å². The van der Waals surface area contributed by atoms with Gasteiger partial charge in [0.2, 0.25) is 0 Å². The second-order valence-electron chi connectivity index (χ2n) is 4.43. The van der Waals surface area contributed by atoms with Gasteiger partial charge in [-0.25, -0.2) is 4.39 Å². The third-order valence-electron chi connectivity index (χ3n) is 3.49. The minimum atomic E-state index is -0.133. The van der Waals surface area contributed by atoms with Gasteiger partial charge < -0.3 is 5.32 Å². The molecule has 0 aliphatic carbocycles. The Morgan fingerprint density at radius 2 is 2.31 bits per heavy atom. The first-order valence-corrected chi connectivity index (χ1v) is 6.67. The quantitative estimate of drug-likeness (QED) is 0.874. The molecule has 1 N–H and O–H groups in total. The fraction of sp³-hybridized carbons (Fsp3) is 0.538. The molecular formula is C13H17BrFN. The molecule has 2 unspecified atom stereocenters. The Morgan fingerprint density at radius 1 is 1.50 bits per heavy atom. The lowest BCUT2D eigenvalue weighted by Gasteiger charge is -2.32. The van der Waals surface area contributed by atoms with Crippen LogP contribution < -0.4 is 5.32 Å². The van der Waals surface area contributed by atoms with E-state index in [4.69, 9.17) is 0 Å². The molecule has 16 heavy (non-hydrogen) atoms. The zero-order chi connectivity index (χ0) is 11.5. The van der Waals surface area contributed by atoms with Crippen molar-refractivity contribution >= 4 is 15.9 Å². The Labute approximate surface area is 105 Å². The van der Waals surface area contributed by atoms with Gasteiger partial charge in [-0.1, -0.05) is 29.3 Å². The Kier molecular flexibility index (Phi) is 3.98. The van der Waals surface area contributed by atoms with E-state index in [2.05, 4.69) is 28.2 Å². The maximum Gasteiger partial charge on any atom is 0.123 e. The van der Waals surface area contributed by atoms with E-state index >= 15 is 0 Å². The van der Waals surface area contributed by atoms with Crippen molar-refractivity contribution in [3.8, 4) is 0 Å². The first-order valence-electron chi connectivity index (χ1n) is 5.88. The van der Waals surface area contributed by atoms with Gasteiger partial charge in [0.1, 0.15) is 5.82 Å². The number of halogens is 2. The zero-order valence-corrected chi connectivity index (χ0v) is 11.1. The molecule has 0 bridgehead atoms. The predicted molar refractivity (Wildman–Crippen MR) is 68.1 cm³/mol. The van der Waals surface area contributed by atoms with E-state index in [1.54, 1.807) is 6.07 Å². The fourth-order valence-corrected chi connectivity index (χ4v) is 3.10. The average Bonchev–Trinajstić information content (AvgIpc) is 2.32. The zero-order valence-electron chi connectivity index (χ0n) is 9.47. The standard InChI is InChI=1S/C13H17BrFN/c1-2-9-8-16-6-5-11(9)12-7-10(15)3-4-13(12)14/h3-4,7,9,11,16H,2,5-6,8H2,1H3. The van der Waals surface area contributed by atoms with Crippen molar-refractivity contribution in [1.29, 1.82) is 0 Å². The maximum absolute atomic E-state index is 13.3. The molecule has 2 atom stereocenters. The minimum Gasteiger partial charge on any atom is -0.316 e. The maximum atomic E-state index is 13.3. The topological polar surface area (TPSA) is 12.0 Å². The molecule has 1 nitrogen and oxygen atoms in total. The molecule has 1 fully saturated rings. The third kappa shape index (κ3) is 2.46. The van der Waals surface area contributed by atoms with Crippen LogP contribution in [-0.2, 0) is 0 Å². The van der Waals surface area contributed by atoms with Crippen molar-refractivity contribution in [1.82, 2.24) is 5.32 Å². The molecule has 1 heterocycles. The lowest BCUT2D eigenvalue weighted by Crippen LogP contribution is -2.35. The molecule has 88 valence electrons. The van der Waals surface area contributed by atoms with Gasteiger partial charge in [0, 0.05) is 4.47 Å². The van der Waals surface area contributed by atoms with E-state index in [-0.39, 0.29) is 5.82 Å². The summed E-state index contributed by atoms with van der Waals surface area (Å²) in [4.78, 5) is 0. The van der Waals surface area contributed by atoms with Crippen molar-refractivity contribution in [2.75, 3.05) is 13.1 Å². The average molecular weight is 286 g/mol. The Balaban J connectivity index is 2.30. The summed E-state index contributed by atoms with van der Waals surface area (Å²) in [6.45, 7) is 4.28. The molecule has 3 heteroatoms. The third-order valence-corrected chi connectivity index (χ3v) is 4.21. The highest BCUT2D eigenvalue weighted by Gasteiger charge is 2.26. The van der Waals surface area contributed by atoms with Crippen LogP contribution >= 0.6 is 15.9 Å². The lowest BCUT2D eigenvalue weighted by molar-refractivity contribution is 0.316. The second kappa shape index (κ2) is 5.28. The van der Waals surface area contributed by atoms with E-state index in [9.17, 15) is 4.39 Å². The van der Waals surface area contributed by atoms with Crippen molar-refractivity contribution in [3.05, 3.63) is 34.1 Å². The number of hydrogen-bond donors (Lipinski definition) is 1. The van der Waals surface area contributed by atoms with E-state index < -0.39 is 0 Å². The van der Waals surface area contributed by atoms with Crippen LogP contribution in [0.3, 0.4) is 0 Å². The van der Waals surface area contributed by atoms with Crippen LogP contribution in [-0.4, -0.2) is 13.1 Å². The summed E-state index contributed by atoms with van der Waals surface area (Å²) >= 11 is 3.54. The van der Waals surface area contributed by atoms with E-state index in [1.807, 2.05) is 6.07 Å². The van der Waals surface area contributed by atoms with E-state index in [1.165, 1.54) is 6.07 Å². The molecule has 0 saturated carbocycles. The molecule has 1 aliphatic rings. The minimum absolute atomic E-state index is 0.133.